The molecule has 2 aromatic rings. The van der Waals surface area contributed by atoms with Crippen molar-refractivity contribution in [3.63, 3.8) is 0 Å². The molecule has 0 unspecified atom stereocenters. The number of aromatic hydroxyl groups is 1. The molecule has 0 aliphatic rings. The first-order chi connectivity index (χ1) is 9.72. The normalized spacial score (nSPS) is 9.75. The van der Waals surface area contributed by atoms with Crippen molar-refractivity contribution < 1.29 is 9.90 Å². The van der Waals surface area contributed by atoms with E-state index in [1.54, 1.807) is 36.5 Å². The maximum absolute atomic E-state index is 12.1. The standard InChI is InChI=1S/C15H13N3O2/c16-9-8-15(20)18(11-12-5-3-4-10-17-12)13-6-1-2-7-14(13)19/h1-7,10,19H,8,11H2. The molecule has 0 aliphatic carbocycles. The summed E-state index contributed by atoms with van der Waals surface area (Å²) in [7, 11) is 0. The SMILES string of the molecule is N#CCC(=O)N(Cc1ccccn1)c1ccccc1O. The smallest absolute Gasteiger partial charge is 0.241 e. The minimum Gasteiger partial charge on any atom is -0.506 e. The summed E-state index contributed by atoms with van der Waals surface area (Å²) in [5, 5.41) is 18.6. The highest BCUT2D eigenvalue weighted by Gasteiger charge is 2.19. The molecule has 1 amide bonds. The molecule has 0 aliphatic heterocycles. The summed E-state index contributed by atoms with van der Waals surface area (Å²) in [6.45, 7) is 0.207. The van der Waals surface area contributed by atoms with Crippen molar-refractivity contribution in [2.45, 2.75) is 13.0 Å². The summed E-state index contributed by atoms with van der Waals surface area (Å²) in [5.41, 5.74) is 1.06. The maximum atomic E-state index is 12.1. The van der Waals surface area contributed by atoms with Crippen LogP contribution in [0.3, 0.4) is 0 Å². The molecule has 0 fully saturated rings. The van der Waals surface area contributed by atoms with Crippen LogP contribution in [0.15, 0.2) is 48.7 Å². The van der Waals surface area contributed by atoms with Crippen molar-refractivity contribution in [3.05, 3.63) is 54.4 Å². The van der Waals surface area contributed by atoms with Crippen molar-refractivity contribution in [3.8, 4) is 11.8 Å². The molecular weight excluding hydrogens is 254 g/mol. The number of amides is 1. The van der Waals surface area contributed by atoms with E-state index >= 15 is 0 Å². The van der Waals surface area contributed by atoms with Gasteiger partial charge in [-0.2, -0.15) is 5.26 Å². The topological polar surface area (TPSA) is 77.2 Å². The van der Waals surface area contributed by atoms with E-state index in [-0.39, 0.29) is 24.6 Å². The van der Waals surface area contributed by atoms with Gasteiger partial charge in [0, 0.05) is 6.20 Å². The van der Waals surface area contributed by atoms with E-state index in [4.69, 9.17) is 5.26 Å². The number of anilines is 1. The Morgan fingerprint density at radius 1 is 1.25 bits per heavy atom. The number of pyridine rings is 1. The Labute approximate surface area is 116 Å². The molecule has 5 nitrogen and oxygen atoms in total. The predicted molar refractivity (Wildman–Crippen MR) is 73.8 cm³/mol. The summed E-state index contributed by atoms with van der Waals surface area (Å²) >= 11 is 0. The first kappa shape index (κ1) is 13.6. The number of hydrogen-bond acceptors (Lipinski definition) is 4. The lowest BCUT2D eigenvalue weighted by Gasteiger charge is -2.22. The number of carbonyl (C=O) groups excluding carboxylic acids is 1. The molecule has 0 spiro atoms. The van der Waals surface area contributed by atoms with Gasteiger partial charge in [-0.25, -0.2) is 0 Å². The lowest BCUT2D eigenvalue weighted by molar-refractivity contribution is -0.117. The number of carbonyl (C=O) groups is 1. The number of phenols is 1. The van der Waals surface area contributed by atoms with E-state index in [0.29, 0.717) is 11.4 Å². The highest BCUT2D eigenvalue weighted by atomic mass is 16.3. The average molecular weight is 267 g/mol. The van der Waals surface area contributed by atoms with Crippen LogP contribution in [0.5, 0.6) is 5.75 Å². The number of benzene rings is 1. The number of phenolic OH excluding ortho intramolecular Hbond substituents is 1. The number of nitrogens with zero attached hydrogens (tertiary/aromatic N) is 3. The summed E-state index contributed by atoms with van der Waals surface area (Å²) in [6.07, 6.45) is 1.38. The summed E-state index contributed by atoms with van der Waals surface area (Å²) < 4.78 is 0. The Balaban J connectivity index is 2.33. The second-order valence-electron chi connectivity index (χ2n) is 4.12. The van der Waals surface area contributed by atoms with Gasteiger partial charge in [0.05, 0.1) is 24.0 Å². The van der Waals surface area contributed by atoms with Gasteiger partial charge in [0.15, 0.2) is 0 Å². The number of hydrogen-bond donors (Lipinski definition) is 1. The Hall–Kier alpha value is -2.87. The number of para-hydroxylation sites is 2. The molecule has 1 heterocycles. The van der Waals surface area contributed by atoms with Crippen LogP contribution in [0.4, 0.5) is 5.69 Å². The second kappa shape index (κ2) is 6.34. The zero-order chi connectivity index (χ0) is 14.4. The quantitative estimate of drug-likeness (QED) is 0.921. The molecule has 100 valence electrons. The van der Waals surface area contributed by atoms with E-state index < -0.39 is 0 Å². The first-order valence-electron chi connectivity index (χ1n) is 6.07. The summed E-state index contributed by atoms with van der Waals surface area (Å²) in [5.74, 6) is -0.380. The molecule has 2 rings (SSSR count). The van der Waals surface area contributed by atoms with Crippen LogP contribution in [0.1, 0.15) is 12.1 Å². The minimum absolute atomic E-state index is 0.00489. The molecule has 1 N–H and O–H groups in total. The molecule has 0 atom stereocenters. The van der Waals surface area contributed by atoms with Crippen LogP contribution in [0.2, 0.25) is 0 Å². The fourth-order valence-corrected chi connectivity index (χ4v) is 1.82. The largest absolute Gasteiger partial charge is 0.506 e. The molecule has 0 radical (unpaired) electrons. The minimum atomic E-state index is -0.375. The van der Waals surface area contributed by atoms with Crippen molar-refractivity contribution in [1.82, 2.24) is 4.98 Å². The Bertz CT molecular complexity index is 635. The fraction of sp³-hybridized carbons (Fsp3) is 0.133. The zero-order valence-electron chi connectivity index (χ0n) is 10.7. The van der Waals surface area contributed by atoms with Crippen LogP contribution in [-0.4, -0.2) is 16.0 Å². The number of rotatable bonds is 4. The van der Waals surface area contributed by atoms with Gasteiger partial charge < -0.3 is 10.0 Å². The van der Waals surface area contributed by atoms with E-state index in [1.807, 2.05) is 12.1 Å². The van der Waals surface area contributed by atoms with Gasteiger partial charge in [-0.3, -0.25) is 9.78 Å². The molecule has 20 heavy (non-hydrogen) atoms. The van der Waals surface area contributed by atoms with Crippen LogP contribution in [-0.2, 0) is 11.3 Å². The van der Waals surface area contributed by atoms with Gasteiger partial charge in [-0.15, -0.1) is 0 Å². The monoisotopic (exact) mass is 267 g/mol. The molecule has 0 bridgehead atoms. The van der Waals surface area contributed by atoms with E-state index in [0.717, 1.165) is 0 Å². The number of aromatic nitrogens is 1. The predicted octanol–water partition coefficient (Wildman–Crippen LogP) is 2.23. The van der Waals surface area contributed by atoms with Crippen molar-refractivity contribution in [1.29, 1.82) is 5.26 Å². The molecule has 5 heteroatoms. The van der Waals surface area contributed by atoms with Crippen molar-refractivity contribution >= 4 is 11.6 Å². The molecule has 0 saturated carbocycles. The van der Waals surface area contributed by atoms with Gasteiger partial charge in [-0.1, -0.05) is 18.2 Å². The van der Waals surface area contributed by atoms with Gasteiger partial charge in [0.1, 0.15) is 12.2 Å². The maximum Gasteiger partial charge on any atom is 0.241 e. The fourth-order valence-electron chi connectivity index (χ4n) is 1.82. The summed E-state index contributed by atoms with van der Waals surface area (Å²) in [4.78, 5) is 17.6. The van der Waals surface area contributed by atoms with Crippen LogP contribution in [0, 0.1) is 11.3 Å². The zero-order valence-corrected chi connectivity index (χ0v) is 10.7. The Kier molecular flexibility index (Phi) is 4.30. The third-order valence-corrected chi connectivity index (χ3v) is 2.75. The van der Waals surface area contributed by atoms with E-state index in [2.05, 4.69) is 4.98 Å². The molecular formula is C15H13N3O2. The first-order valence-corrected chi connectivity index (χ1v) is 6.07. The van der Waals surface area contributed by atoms with Gasteiger partial charge >= 0.3 is 0 Å². The van der Waals surface area contributed by atoms with E-state index in [9.17, 15) is 9.90 Å². The Morgan fingerprint density at radius 2 is 2.00 bits per heavy atom. The second-order valence-corrected chi connectivity index (χ2v) is 4.12. The average Bonchev–Trinajstić information content (AvgIpc) is 2.47. The van der Waals surface area contributed by atoms with Crippen LogP contribution >= 0.6 is 0 Å². The van der Waals surface area contributed by atoms with Crippen LogP contribution < -0.4 is 4.90 Å². The highest BCUT2D eigenvalue weighted by Crippen LogP contribution is 2.28. The highest BCUT2D eigenvalue weighted by molar-refractivity contribution is 5.95. The Morgan fingerprint density at radius 3 is 2.65 bits per heavy atom. The lowest BCUT2D eigenvalue weighted by atomic mass is 10.2. The van der Waals surface area contributed by atoms with Crippen LogP contribution in [0.25, 0.3) is 0 Å². The van der Waals surface area contributed by atoms with Gasteiger partial charge in [-0.05, 0) is 24.3 Å². The van der Waals surface area contributed by atoms with E-state index in [1.165, 1.54) is 11.0 Å². The molecule has 1 aromatic heterocycles. The van der Waals surface area contributed by atoms with Gasteiger partial charge in [0.25, 0.3) is 0 Å². The van der Waals surface area contributed by atoms with Gasteiger partial charge in [0.2, 0.25) is 5.91 Å². The molecule has 1 aromatic carbocycles. The van der Waals surface area contributed by atoms with Crippen molar-refractivity contribution in [2.75, 3.05) is 4.90 Å². The third kappa shape index (κ3) is 3.12. The van der Waals surface area contributed by atoms with Crippen molar-refractivity contribution in [2.24, 2.45) is 0 Å². The summed E-state index contributed by atoms with van der Waals surface area (Å²) in [6, 6.07) is 13.7. The number of nitriles is 1. The molecule has 0 saturated heterocycles. The lowest BCUT2D eigenvalue weighted by Crippen LogP contribution is -2.30. The third-order valence-electron chi connectivity index (χ3n) is 2.75.